The van der Waals surface area contributed by atoms with E-state index in [9.17, 15) is 9.90 Å². The highest BCUT2D eigenvalue weighted by Crippen LogP contribution is 2.26. The Hall–Kier alpha value is -2.96. The molecule has 2 heterocycles. The number of carboxylic acids is 1. The second kappa shape index (κ2) is 5.80. The Kier molecular flexibility index (Phi) is 3.69. The number of anilines is 2. The van der Waals surface area contributed by atoms with E-state index >= 15 is 0 Å². The summed E-state index contributed by atoms with van der Waals surface area (Å²) in [5, 5.41) is 17.7. The van der Waals surface area contributed by atoms with Gasteiger partial charge in [-0.15, -0.1) is 0 Å². The van der Waals surface area contributed by atoms with Gasteiger partial charge in [-0.2, -0.15) is 5.10 Å². The number of nitrogens with one attached hydrogen (secondary N) is 1. The molecule has 22 heavy (non-hydrogen) atoms. The summed E-state index contributed by atoms with van der Waals surface area (Å²) >= 11 is 0. The predicted octanol–water partition coefficient (Wildman–Crippen LogP) is 2.68. The Morgan fingerprint density at radius 2 is 2.18 bits per heavy atom. The maximum Gasteiger partial charge on any atom is 0.356 e. The van der Waals surface area contributed by atoms with E-state index in [0.717, 1.165) is 23.9 Å². The number of para-hydroxylation sites is 1. The number of aromatic nitrogens is 4. The number of nitrogens with zero attached hydrogens (tertiary/aromatic N) is 4. The zero-order chi connectivity index (χ0) is 15.5. The Balaban J connectivity index is 2.06. The highest BCUT2D eigenvalue weighted by molar-refractivity contribution is 5.96. The van der Waals surface area contributed by atoms with Crippen molar-refractivity contribution in [2.75, 3.05) is 5.32 Å². The van der Waals surface area contributed by atoms with Gasteiger partial charge >= 0.3 is 5.97 Å². The van der Waals surface area contributed by atoms with E-state index in [4.69, 9.17) is 0 Å². The summed E-state index contributed by atoms with van der Waals surface area (Å²) in [4.78, 5) is 18.9. The number of hydrogen-bond donors (Lipinski definition) is 2. The van der Waals surface area contributed by atoms with Gasteiger partial charge in [0.25, 0.3) is 0 Å². The number of aryl methyl sites for hydroxylation is 1. The molecule has 7 heteroatoms. The topological polar surface area (TPSA) is 92.9 Å². The minimum Gasteiger partial charge on any atom is -0.476 e. The van der Waals surface area contributed by atoms with Gasteiger partial charge in [0.1, 0.15) is 6.33 Å². The number of carboxylic acid groups (broad SMARTS) is 1. The average Bonchev–Trinajstić information content (AvgIpc) is 2.86. The van der Waals surface area contributed by atoms with Gasteiger partial charge in [0, 0.05) is 11.9 Å². The molecular formula is C15H15N5O2. The summed E-state index contributed by atoms with van der Waals surface area (Å²) < 4.78 is 1.90. The van der Waals surface area contributed by atoms with Crippen molar-refractivity contribution in [1.82, 2.24) is 19.7 Å². The Bertz CT molecular complexity index is 828. The monoisotopic (exact) mass is 297 g/mol. The maximum absolute atomic E-state index is 11.2. The molecule has 7 nitrogen and oxygen atoms in total. The van der Waals surface area contributed by atoms with E-state index in [2.05, 4.69) is 27.3 Å². The van der Waals surface area contributed by atoms with Crippen molar-refractivity contribution < 1.29 is 9.90 Å². The lowest BCUT2D eigenvalue weighted by Gasteiger charge is -2.05. The van der Waals surface area contributed by atoms with Crippen LogP contribution >= 0.6 is 0 Å². The zero-order valence-electron chi connectivity index (χ0n) is 12.0. The van der Waals surface area contributed by atoms with Crippen LogP contribution in [0.5, 0.6) is 0 Å². The van der Waals surface area contributed by atoms with E-state index in [1.165, 1.54) is 12.5 Å². The summed E-state index contributed by atoms with van der Waals surface area (Å²) in [6, 6.07) is 7.81. The average molecular weight is 297 g/mol. The first-order valence-electron chi connectivity index (χ1n) is 6.96. The largest absolute Gasteiger partial charge is 0.476 e. The summed E-state index contributed by atoms with van der Waals surface area (Å²) in [6.45, 7) is 2.87. The zero-order valence-corrected chi connectivity index (χ0v) is 12.0. The van der Waals surface area contributed by atoms with Crippen LogP contribution in [0, 0.1) is 0 Å². The van der Waals surface area contributed by atoms with Crippen LogP contribution in [-0.2, 0) is 6.54 Å². The number of carbonyl (C=O) groups is 1. The molecule has 0 amide bonds. The van der Waals surface area contributed by atoms with Gasteiger partial charge in [-0.25, -0.2) is 14.8 Å². The minimum atomic E-state index is -1.11. The lowest BCUT2D eigenvalue weighted by atomic mass is 10.2. The molecule has 0 spiro atoms. The highest BCUT2D eigenvalue weighted by Gasteiger charge is 2.15. The van der Waals surface area contributed by atoms with Crippen LogP contribution in [0.3, 0.4) is 0 Å². The molecule has 0 saturated carbocycles. The third-order valence-corrected chi connectivity index (χ3v) is 3.26. The maximum atomic E-state index is 11.2. The van der Waals surface area contributed by atoms with Gasteiger partial charge in [-0.1, -0.05) is 19.1 Å². The number of fused-ring (bicyclic) bond motifs is 1. The van der Waals surface area contributed by atoms with Crippen molar-refractivity contribution in [3.05, 3.63) is 42.5 Å². The Morgan fingerprint density at radius 3 is 2.95 bits per heavy atom. The summed E-state index contributed by atoms with van der Waals surface area (Å²) in [7, 11) is 0. The molecule has 0 aliphatic rings. The number of benzene rings is 1. The fraction of sp³-hybridized carbons (Fsp3) is 0.200. The quantitative estimate of drug-likeness (QED) is 0.752. The molecule has 0 bridgehead atoms. The normalized spacial score (nSPS) is 10.8. The van der Waals surface area contributed by atoms with Crippen LogP contribution in [0.25, 0.3) is 10.9 Å². The van der Waals surface area contributed by atoms with Crippen molar-refractivity contribution in [2.45, 2.75) is 19.9 Å². The first-order valence-corrected chi connectivity index (χ1v) is 6.96. The molecule has 0 fully saturated rings. The molecule has 0 unspecified atom stereocenters. The van der Waals surface area contributed by atoms with Crippen LogP contribution in [-0.4, -0.2) is 30.8 Å². The van der Waals surface area contributed by atoms with Gasteiger partial charge < -0.3 is 10.4 Å². The van der Waals surface area contributed by atoms with Crippen LogP contribution < -0.4 is 5.32 Å². The first-order chi connectivity index (χ1) is 10.7. The van der Waals surface area contributed by atoms with Crippen molar-refractivity contribution >= 4 is 28.4 Å². The van der Waals surface area contributed by atoms with E-state index in [1.54, 1.807) is 0 Å². The van der Waals surface area contributed by atoms with Gasteiger partial charge in [-0.3, -0.25) is 4.68 Å². The van der Waals surface area contributed by atoms with E-state index < -0.39 is 5.97 Å². The fourth-order valence-electron chi connectivity index (χ4n) is 2.32. The summed E-state index contributed by atoms with van der Waals surface area (Å²) in [6.07, 6.45) is 3.60. The van der Waals surface area contributed by atoms with Crippen molar-refractivity contribution in [3.63, 3.8) is 0 Å². The molecule has 0 radical (unpaired) electrons. The van der Waals surface area contributed by atoms with E-state index in [-0.39, 0.29) is 5.69 Å². The highest BCUT2D eigenvalue weighted by atomic mass is 16.4. The number of rotatable bonds is 5. The lowest BCUT2D eigenvalue weighted by Crippen LogP contribution is -2.07. The van der Waals surface area contributed by atoms with Gasteiger partial charge in [0.2, 0.25) is 0 Å². The van der Waals surface area contributed by atoms with Gasteiger partial charge in [0.15, 0.2) is 11.5 Å². The molecule has 2 N–H and O–H groups in total. The van der Waals surface area contributed by atoms with Gasteiger partial charge in [-0.05, 0) is 18.6 Å². The van der Waals surface area contributed by atoms with Crippen molar-refractivity contribution in [2.24, 2.45) is 0 Å². The van der Waals surface area contributed by atoms with Crippen molar-refractivity contribution in [1.29, 1.82) is 0 Å². The SMILES string of the molecule is CCCn1nc(Nc2cncnc2C(=O)O)c2ccccc21. The second-order valence-electron chi connectivity index (χ2n) is 4.80. The second-order valence-corrected chi connectivity index (χ2v) is 4.80. The van der Waals surface area contributed by atoms with Crippen molar-refractivity contribution in [3.8, 4) is 0 Å². The summed E-state index contributed by atoms with van der Waals surface area (Å²) in [5.41, 5.74) is 1.24. The van der Waals surface area contributed by atoms with Crippen LogP contribution in [0.15, 0.2) is 36.8 Å². The third kappa shape index (κ3) is 2.48. The molecule has 3 aromatic rings. The lowest BCUT2D eigenvalue weighted by molar-refractivity contribution is 0.0691. The number of hydrogen-bond acceptors (Lipinski definition) is 5. The van der Waals surface area contributed by atoms with E-state index in [0.29, 0.717) is 11.5 Å². The van der Waals surface area contributed by atoms with E-state index in [1.807, 2.05) is 28.9 Å². The molecule has 0 aliphatic heterocycles. The molecule has 3 rings (SSSR count). The fourth-order valence-corrected chi connectivity index (χ4v) is 2.32. The van der Waals surface area contributed by atoms with Crippen LogP contribution in [0.4, 0.5) is 11.5 Å². The van der Waals surface area contributed by atoms with Crippen LogP contribution in [0.2, 0.25) is 0 Å². The molecule has 1 aromatic carbocycles. The standard InChI is InChI=1S/C15H15N5O2/c1-2-7-20-12-6-4-3-5-10(12)14(19-20)18-11-8-16-9-17-13(11)15(21)22/h3-6,8-9H,2,7H2,1H3,(H,18,19)(H,21,22). The molecule has 0 aliphatic carbocycles. The Morgan fingerprint density at radius 1 is 1.36 bits per heavy atom. The molecular weight excluding hydrogens is 282 g/mol. The molecule has 0 saturated heterocycles. The molecule has 2 aromatic heterocycles. The summed E-state index contributed by atoms with van der Waals surface area (Å²) in [5.74, 6) is -0.511. The first kappa shape index (κ1) is 14.0. The molecule has 112 valence electrons. The Labute approximate surface area is 126 Å². The van der Waals surface area contributed by atoms with Gasteiger partial charge in [0.05, 0.1) is 17.4 Å². The molecule has 0 atom stereocenters. The third-order valence-electron chi connectivity index (χ3n) is 3.26. The minimum absolute atomic E-state index is 0.0795. The predicted molar refractivity (Wildman–Crippen MR) is 82.3 cm³/mol. The smallest absolute Gasteiger partial charge is 0.356 e. The van der Waals surface area contributed by atoms with Crippen LogP contribution in [0.1, 0.15) is 23.8 Å². The number of aromatic carboxylic acids is 1.